The van der Waals surface area contributed by atoms with Crippen LogP contribution in [-0.2, 0) is 26.8 Å². The van der Waals surface area contributed by atoms with E-state index >= 15 is 0 Å². The lowest BCUT2D eigenvalue weighted by molar-refractivity contribution is -0.118. The van der Waals surface area contributed by atoms with E-state index in [1.807, 2.05) is 20.8 Å². The first kappa shape index (κ1) is 17.8. The second-order valence-electron chi connectivity index (χ2n) is 6.49. The van der Waals surface area contributed by atoms with Gasteiger partial charge in [-0.05, 0) is 0 Å². The lowest BCUT2D eigenvalue weighted by Crippen LogP contribution is -2.17. The van der Waals surface area contributed by atoms with Crippen LogP contribution in [0, 0.1) is 5.92 Å². The number of carbonyl (C=O) groups excluding carboxylic acids is 1. The van der Waals surface area contributed by atoms with E-state index in [0.717, 1.165) is 5.76 Å². The van der Waals surface area contributed by atoms with E-state index in [0.29, 0.717) is 15.2 Å². The first-order valence-electron chi connectivity index (χ1n) is 7.27. The molecule has 2 heterocycles. The van der Waals surface area contributed by atoms with Gasteiger partial charge in [-0.3, -0.25) is 9.00 Å². The summed E-state index contributed by atoms with van der Waals surface area (Å²) in [7, 11) is -1.30. The normalized spacial score (nSPS) is 13.3. The van der Waals surface area contributed by atoms with Gasteiger partial charge in [0.2, 0.25) is 11.8 Å². The topological polar surface area (TPSA) is 85.1 Å². The predicted octanol–water partition coefficient (Wildman–Crippen LogP) is 3.33. The molecule has 0 fully saturated rings. The van der Waals surface area contributed by atoms with Crippen LogP contribution < -0.4 is 5.32 Å². The van der Waals surface area contributed by atoms with Crippen molar-refractivity contribution in [2.24, 2.45) is 5.92 Å². The van der Waals surface area contributed by atoms with Gasteiger partial charge < -0.3 is 9.73 Å². The molecule has 1 atom stereocenters. The molecule has 0 saturated carbocycles. The van der Waals surface area contributed by atoms with Crippen molar-refractivity contribution >= 4 is 33.2 Å². The summed E-state index contributed by atoms with van der Waals surface area (Å²) in [5.41, 5.74) is -0.133. The summed E-state index contributed by atoms with van der Waals surface area (Å²) in [6, 6.07) is 0. The van der Waals surface area contributed by atoms with E-state index in [9.17, 15) is 9.00 Å². The van der Waals surface area contributed by atoms with Crippen LogP contribution in [0.25, 0.3) is 0 Å². The first-order chi connectivity index (χ1) is 10.7. The average molecular weight is 355 g/mol. The number of rotatable bonds is 5. The molecule has 0 spiro atoms. The van der Waals surface area contributed by atoms with Crippen LogP contribution in [0.2, 0.25) is 0 Å². The van der Waals surface area contributed by atoms with Crippen LogP contribution in [0.15, 0.2) is 21.0 Å². The van der Waals surface area contributed by atoms with Gasteiger partial charge in [0.1, 0.15) is 15.7 Å². The molecular weight excluding hydrogens is 334 g/mol. The minimum absolute atomic E-state index is 0.112. The van der Waals surface area contributed by atoms with Crippen molar-refractivity contribution in [3.05, 3.63) is 24.0 Å². The maximum Gasteiger partial charge on any atom is 0.228 e. The molecule has 6 nitrogen and oxygen atoms in total. The Kier molecular flexibility index (Phi) is 5.36. The van der Waals surface area contributed by atoms with Gasteiger partial charge in [0.25, 0.3) is 0 Å². The highest BCUT2D eigenvalue weighted by molar-refractivity contribution is 7.86. The van der Waals surface area contributed by atoms with Crippen LogP contribution in [0.3, 0.4) is 0 Å². The zero-order valence-corrected chi connectivity index (χ0v) is 15.5. The Labute approximate surface area is 142 Å². The molecule has 0 aliphatic rings. The molecule has 8 heteroatoms. The quantitative estimate of drug-likeness (QED) is 0.889. The maximum absolute atomic E-state index is 12.4. The van der Waals surface area contributed by atoms with Crippen LogP contribution >= 0.6 is 11.3 Å². The standard InChI is InChI=1S/C15H21N3O3S2/c1-9(2)13(19)18-14-17-7-12(22-14)23(20)8-11-16-6-10(21-11)15(3,4)5/h6-7,9H,8H2,1-5H3,(H,17,18,19). The van der Waals surface area contributed by atoms with Crippen molar-refractivity contribution in [3.8, 4) is 0 Å². The van der Waals surface area contributed by atoms with Gasteiger partial charge in [-0.25, -0.2) is 9.97 Å². The fraction of sp³-hybridized carbons (Fsp3) is 0.533. The summed E-state index contributed by atoms with van der Waals surface area (Å²) >= 11 is 1.21. The number of anilines is 1. The number of nitrogens with zero attached hydrogens (tertiary/aromatic N) is 2. The molecule has 23 heavy (non-hydrogen) atoms. The Morgan fingerprint density at radius 3 is 2.61 bits per heavy atom. The second kappa shape index (κ2) is 6.92. The van der Waals surface area contributed by atoms with Crippen LogP contribution in [0.4, 0.5) is 5.13 Å². The zero-order chi connectivity index (χ0) is 17.2. The third-order valence-electron chi connectivity index (χ3n) is 3.01. The minimum Gasteiger partial charge on any atom is -0.444 e. The minimum atomic E-state index is -1.30. The number of hydrogen-bond acceptors (Lipinski definition) is 6. The van der Waals surface area contributed by atoms with Gasteiger partial charge in [0.05, 0.1) is 23.2 Å². The van der Waals surface area contributed by atoms with Crippen LogP contribution in [-0.4, -0.2) is 20.1 Å². The fourth-order valence-electron chi connectivity index (χ4n) is 1.58. The van der Waals surface area contributed by atoms with Gasteiger partial charge in [-0.1, -0.05) is 46.0 Å². The molecule has 2 rings (SSSR count). The van der Waals surface area contributed by atoms with E-state index in [4.69, 9.17) is 4.42 Å². The first-order valence-corrected chi connectivity index (χ1v) is 9.40. The summed E-state index contributed by atoms with van der Waals surface area (Å²) in [4.78, 5) is 19.9. The van der Waals surface area contributed by atoms with Crippen molar-refractivity contribution in [1.29, 1.82) is 0 Å². The SMILES string of the molecule is CC(C)C(=O)Nc1ncc(S(=O)Cc2ncc(C(C)(C)C)o2)s1. The number of hydrogen-bond donors (Lipinski definition) is 1. The van der Waals surface area contributed by atoms with Crippen molar-refractivity contribution < 1.29 is 13.4 Å². The van der Waals surface area contributed by atoms with Gasteiger partial charge >= 0.3 is 0 Å². The number of thiazole rings is 1. The highest BCUT2D eigenvalue weighted by Crippen LogP contribution is 2.26. The predicted molar refractivity (Wildman–Crippen MR) is 90.9 cm³/mol. The average Bonchev–Trinajstić information content (AvgIpc) is 3.07. The molecule has 0 saturated heterocycles. The summed E-state index contributed by atoms with van der Waals surface area (Å²) < 4.78 is 18.6. The highest BCUT2D eigenvalue weighted by Gasteiger charge is 2.21. The molecule has 0 aliphatic heterocycles. The fourth-order valence-corrected chi connectivity index (χ4v) is 3.59. The number of oxazole rings is 1. The molecule has 2 aromatic rings. The Bertz CT molecular complexity index is 714. The van der Waals surface area contributed by atoms with E-state index in [2.05, 4.69) is 15.3 Å². The lowest BCUT2D eigenvalue weighted by Gasteiger charge is -2.12. The monoisotopic (exact) mass is 355 g/mol. The molecule has 1 N–H and O–H groups in total. The van der Waals surface area contributed by atoms with Crippen LogP contribution in [0.5, 0.6) is 0 Å². The molecule has 2 aromatic heterocycles. The van der Waals surface area contributed by atoms with Gasteiger partial charge in [0.15, 0.2) is 5.13 Å². The summed E-state index contributed by atoms with van der Waals surface area (Å²) in [5, 5.41) is 3.15. The molecule has 0 bridgehead atoms. The van der Waals surface area contributed by atoms with Crippen molar-refractivity contribution in [1.82, 2.24) is 9.97 Å². The number of nitrogens with one attached hydrogen (secondary N) is 1. The zero-order valence-electron chi connectivity index (χ0n) is 13.9. The number of aromatic nitrogens is 2. The molecule has 1 unspecified atom stereocenters. The Hall–Kier alpha value is -1.54. The summed E-state index contributed by atoms with van der Waals surface area (Å²) in [6.07, 6.45) is 3.19. The third kappa shape index (κ3) is 4.71. The van der Waals surface area contributed by atoms with E-state index in [-0.39, 0.29) is 23.0 Å². The molecule has 0 radical (unpaired) electrons. The lowest BCUT2D eigenvalue weighted by atomic mass is 9.94. The van der Waals surface area contributed by atoms with Crippen molar-refractivity contribution in [3.63, 3.8) is 0 Å². The van der Waals surface area contributed by atoms with E-state index in [1.165, 1.54) is 17.5 Å². The highest BCUT2D eigenvalue weighted by atomic mass is 32.2. The Balaban J connectivity index is 2.03. The Morgan fingerprint density at radius 1 is 1.35 bits per heavy atom. The molecular formula is C15H21N3O3S2. The van der Waals surface area contributed by atoms with Gasteiger partial charge in [-0.2, -0.15) is 0 Å². The Morgan fingerprint density at radius 2 is 2.04 bits per heavy atom. The largest absolute Gasteiger partial charge is 0.444 e. The number of amides is 1. The molecule has 0 aromatic carbocycles. The molecule has 1 amide bonds. The third-order valence-corrected chi connectivity index (χ3v) is 5.59. The van der Waals surface area contributed by atoms with Gasteiger partial charge in [0, 0.05) is 11.3 Å². The van der Waals surface area contributed by atoms with Crippen LogP contribution in [0.1, 0.15) is 46.3 Å². The van der Waals surface area contributed by atoms with Crippen molar-refractivity contribution in [2.45, 2.75) is 50.0 Å². The second-order valence-corrected chi connectivity index (χ2v) is 9.20. The summed E-state index contributed by atoms with van der Waals surface area (Å²) in [6.45, 7) is 9.69. The van der Waals surface area contributed by atoms with Gasteiger partial charge in [-0.15, -0.1) is 0 Å². The summed E-state index contributed by atoms with van der Waals surface area (Å²) in [5.74, 6) is 1.15. The van der Waals surface area contributed by atoms with E-state index in [1.54, 1.807) is 20.0 Å². The van der Waals surface area contributed by atoms with E-state index < -0.39 is 10.8 Å². The molecule has 126 valence electrons. The smallest absolute Gasteiger partial charge is 0.228 e. The number of carbonyl (C=O) groups is 1. The maximum atomic E-state index is 12.4. The van der Waals surface area contributed by atoms with Crippen molar-refractivity contribution in [2.75, 3.05) is 5.32 Å². The molecule has 0 aliphatic carbocycles.